The molecule has 3 aromatic rings. The first-order chi connectivity index (χ1) is 12.5. The number of hydrogen-bond donors (Lipinski definition) is 2. The van der Waals surface area contributed by atoms with E-state index in [0.717, 1.165) is 5.56 Å². The highest BCUT2D eigenvalue weighted by atomic mass is 32.1. The van der Waals surface area contributed by atoms with Crippen LogP contribution < -0.4 is 5.32 Å². The Bertz CT molecular complexity index is 984. The second-order valence-corrected chi connectivity index (χ2v) is 6.39. The first kappa shape index (κ1) is 17.9. The zero-order valence-electron chi connectivity index (χ0n) is 14.0. The Labute approximate surface area is 156 Å². The van der Waals surface area contributed by atoms with Gasteiger partial charge in [-0.25, -0.2) is 4.39 Å². The molecule has 0 bridgehead atoms. The number of carbonyl (C=O) groups is 2. The van der Waals surface area contributed by atoms with Gasteiger partial charge in [-0.3, -0.25) is 9.59 Å². The van der Waals surface area contributed by atoms with Crippen LogP contribution in [-0.4, -0.2) is 12.2 Å². The van der Waals surface area contributed by atoms with E-state index in [1.807, 2.05) is 19.1 Å². The number of anilines is 1. The normalized spacial score (nSPS) is 10.4. The van der Waals surface area contributed by atoms with Gasteiger partial charge in [-0.1, -0.05) is 35.9 Å². The summed E-state index contributed by atoms with van der Waals surface area (Å²) < 4.78 is 14.4. The van der Waals surface area contributed by atoms with Crippen molar-refractivity contribution in [3.05, 3.63) is 83.2 Å². The monoisotopic (exact) mass is 365 g/mol. The fourth-order valence-electron chi connectivity index (χ4n) is 2.68. The third kappa shape index (κ3) is 3.68. The van der Waals surface area contributed by atoms with Crippen LogP contribution in [0.25, 0.3) is 11.1 Å². The number of amides is 1. The molecule has 0 aromatic heterocycles. The third-order valence-corrected chi connectivity index (χ3v) is 4.29. The van der Waals surface area contributed by atoms with Gasteiger partial charge in [0.1, 0.15) is 5.82 Å². The largest absolute Gasteiger partial charge is 0.321 e. The van der Waals surface area contributed by atoms with Gasteiger partial charge in [0.2, 0.25) is 0 Å². The Hall–Kier alpha value is -2.92. The van der Waals surface area contributed by atoms with E-state index in [0.29, 0.717) is 22.3 Å². The zero-order chi connectivity index (χ0) is 18.7. The Morgan fingerprint density at radius 2 is 1.81 bits per heavy atom. The van der Waals surface area contributed by atoms with Crippen LogP contribution >= 0.6 is 12.6 Å². The molecule has 0 heterocycles. The molecule has 3 nitrogen and oxygen atoms in total. The molecule has 0 unspecified atom stereocenters. The Balaban J connectivity index is 2.03. The zero-order valence-corrected chi connectivity index (χ0v) is 14.9. The summed E-state index contributed by atoms with van der Waals surface area (Å²) in [6.07, 6.45) is 0.558. The minimum Gasteiger partial charge on any atom is -0.321 e. The number of hydrogen-bond acceptors (Lipinski definition) is 3. The number of rotatable bonds is 4. The summed E-state index contributed by atoms with van der Waals surface area (Å²) in [5, 5.41) is 2.68. The Kier molecular flexibility index (Phi) is 5.19. The maximum absolute atomic E-state index is 14.4. The molecular formula is C21H16FNO2S. The summed E-state index contributed by atoms with van der Waals surface area (Å²) in [6.45, 7) is 1.92. The molecule has 130 valence electrons. The summed E-state index contributed by atoms with van der Waals surface area (Å²) in [5.74, 6) is -0.920. The predicted octanol–water partition coefficient (Wildman–Crippen LogP) is 5.15. The molecule has 5 heteroatoms. The van der Waals surface area contributed by atoms with Gasteiger partial charge in [-0.05, 0) is 42.8 Å². The lowest BCUT2D eigenvalue weighted by Crippen LogP contribution is -2.14. The minimum absolute atomic E-state index is 0.101. The molecule has 0 spiro atoms. The van der Waals surface area contributed by atoms with Crippen molar-refractivity contribution in [3.63, 3.8) is 0 Å². The summed E-state index contributed by atoms with van der Waals surface area (Å²) in [6, 6.07) is 16.5. The molecule has 0 radical (unpaired) electrons. The number of aryl methyl sites for hydroxylation is 1. The van der Waals surface area contributed by atoms with Crippen LogP contribution in [0.2, 0.25) is 0 Å². The van der Waals surface area contributed by atoms with Crippen LogP contribution in [0.4, 0.5) is 10.1 Å². The molecule has 0 atom stereocenters. The SMILES string of the molecule is Cc1ccc(-c2c(F)ccc(NC(=O)c3cccc(S)c3)c2C=O)cc1. The molecule has 3 aromatic carbocycles. The maximum Gasteiger partial charge on any atom is 0.255 e. The van der Waals surface area contributed by atoms with Crippen molar-refractivity contribution in [2.45, 2.75) is 11.8 Å². The van der Waals surface area contributed by atoms with Crippen LogP contribution in [0.1, 0.15) is 26.3 Å². The molecule has 0 aliphatic rings. The van der Waals surface area contributed by atoms with Gasteiger partial charge in [0.15, 0.2) is 6.29 Å². The smallest absolute Gasteiger partial charge is 0.255 e. The van der Waals surface area contributed by atoms with E-state index in [1.54, 1.807) is 36.4 Å². The fraction of sp³-hybridized carbons (Fsp3) is 0.0476. The van der Waals surface area contributed by atoms with Crippen molar-refractivity contribution < 1.29 is 14.0 Å². The number of aldehydes is 1. The standard InChI is InChI=1S/C21H16FNO2S/c1-13-5-7-14(8-6-13)20-17(12-24)19(10-9-18(20)22)23-21(25)15-3-2-4-16(26)11-15/h2-12,26H,1H3,(H,23,25). The number of halogens is 1. The summed E-state index contributed by atoms with van der Waals surface area (Å²) in [7, 11) is 0. The van der Waals surface area contributed by atoms with Gasteiger partial charge in [0.25, 0.3) is 5.91 Å². The lowest BCUT2D eigenvalue weighted by molar-refractivity contribution is 0.102. The first-order valence-electron chi connectivity index (χ1n) is 7.94. The van der Waals surface area contributed by atoms with E-state index in [4.69, 9.17) is 0 Å². The molecule has 0 aliphatic heterocycles. The topological polar surface area (TPSA) is 46.2 Å². The second kappa shape index (κ2) is 7.54. The van der Waals surface area contributed by atoms with E-state index >= 15 is 0 Å². The van der Waals surface area contributed by atoms with Gasteiger partial charge in [-0.2, -0.15) is 0 Å². The number of thiol groups is 1. The highest BCUT2D eigenvalue weighted by Gasteiger charge is 2.17. The van der Waals surface area contributed by atoms with Crippen molar-refractivity contribution >= 4 is 30.5 Å². The maximum atomic E-state index is 14.4. The molecular weight excluding hydrogens is 349 g/mol. The molecule has 0 fully saturated rings. The van der Waals surface area contributed by atoms with Crippen molar-refractivity contribution in [3.8, 4) is 11.1 Å². The average Bonchev–Trinajstić information content (AvgIpc) is 2.63. The molecule has 0 saturated heterocycles. The Morgan fingerprint density at radius 1 is 1.08 bits per heavy atom. The van der Waals surface area contributed by atoms with Gasteiger partial charge in [0, 0.05) is 21.6 Å². The van der Waals surface area contributed by atoms with Crippen LogP contribution in [0.15, 0.2) is 65.6 Å². The van der Waals surface area contributed by atoms with E-state index in [1.165, 1.54) is 12.1 Å². The third-order valence-electron chi connectivity index (χ3n) is 4.01. The van der Waals surface area contributed by atoms with Crippen LogP contribution in [-0.2, 0) is 0 Å². The number of benzene rings is 3. The summed E-state index contributed by atoms with van der Waals surface area (Å²) in [5.41, 5.74) is 2.52. The van der Waals surface area contributed by atoms with Crippen molar-refractivity contribution in [2.24, 2.45) is 0 Å². The molecule has 1 N–H and O–H groups in total. The van der Waals surface area contributed by atoms with Crippen molar-refractivity contribution in [1.82, 2.24) is 0 Å². The van der Waals surface area contributed by atoms with E-state index in [9.17, 15) is 14.0 Å². The van der Waals surface area contributed by atoms with Gasteiger partial charge in [0.05, 0.1) is 5.69 Å². The lowest BCUT2D eigenvalue weighted by Gasteiger charge is -2.13. The highest BCUT2D eigenvalue weighted by Crippen LogP contribution is 2.31. The van der Waals surface area contributed by atoms with Crippen LogP contribution in [0.3, 0.4) is 0 Å². The Morgan fingerprint density at radius 3 is 2.46 bits per heavy atom. The van der Waals surface area contributed by atoms with E-state index in [2.05, 4.69) is 17.9 Å². The highest BCUT2D eigenvalue weighted by molar-refractivity contribution is 7.80. The van der Waals surface area contributed by atoms with Gasteiger partial charge < -0.3 is 5.32 Å². The predicted molar refractivity (Wildman–Crippen MR) is 104 cm³/mol. The van der Waals surface area contributed by atoms with Gasteiger partial charge in [-0.15, -0.1) is 12.6 Å². The molecule has 3 rings (SSSR count). The summed E-state index contributed by atoms with van der Waals surface area (Å²) in [4.78, 5) is 24.8. The quantitative estimate of drug-likeness (QED) is 0.496. The average molecular weight is 365 g/mol. The van der Waals surface area contributed by atoms with Crippen LogP contribution in [0, 0.1) is 12.7 Å². The molecule has 0 saturated carbocycles. The molecule has 0 aliphatic carbocycles. The second-order valence-electron chi connectivity index (χ2n) is 5.87. The number of nitrogens with one attached hydrogen (secondary N) is 1. The minimum atomic E-state index is -0.522. The van der Waals surface area contributed by atoms with E-state index in [-0.39, 0.29) is 16.8 Å². The molecule has 1 amide bonds. The summed E-state index contributed by atoms with van der Waals surface area (Å²) >= 11 is 4.21. The lowest BCUT2D eigenvalue weighted by atomic mass is 9.97. The first-order valence-corrected chi connectivity index (χ1v) is 8.39. The van der Waals surface area contributed by atoms with Crippen molar-refractivity contribution in [1.29, 1.82) is 0 Å². The van der Waals surface area contributed by atoms with Crippen LogP contribution in [0.5, 0.6) is 0 Å². The number of carbonyl (C=O) groups excluding carboxylic acids is 2. The fourth-order valence-corrected chi connectivity index (χ4v) is 2.90. The van der Waals surface area contributed by atoms with E-state index < -0.39 is 11.7 Å². The molecule has 26 heavy (non-hydrogen) atoms. The van der Waals surface area contributed by atoms with Gasteiger partial charge >= 0.3 is 0 Å². The van der Waals surface area contributed by atoms with Crippen molar-refractivity contribution in [2.75, 3.05) is 5.32 Å².